The van der Waals surface area contributed by atoms with Crippen LogP contribution >= 0.6 is 0 Å². The van der Waals surface area contributed by atoms with E-state index in [-0.39, 0.29) is 30.0 Å². The molecular weight excluding hydrogens is 324 g/mol. The summed E-state index contributed by atoms with van der Waals surface area (Å²) in [7, 11) is 0. The lowest BCUT2D eigenvalue weighted by molar-refractivity contribution is -0.385. The Balaban J connectivity index is 3.09. The highest BCUT2D eigenvalue weighted by molar-refractivity contribution is 5.80. The normalized spacial score (nSPS) is 13.2. The van der Waals surface area contributed by atoms with Gasteiger partial charge in [-0.3, -0.25) is 19.7 Å². The van der Waals surface area contributed by atoms with Gasteiger partial charge in [-0.25, -0.2) is 0 Å². The van der Waals surface area contributed by atoms with Crippen LogP contribution in [-0.4, -0.2) is 22.9 Å². The van der Waals surface area contributed by atoms with E-state index in [2.05, 4.69) is 5.32 Å². The van der Waals surface area contributed by atoms with Crippen LogP contribution in [0.4, 0.5) is 5.69 Å². The maximum atomic E-state index is 12.4. The summed E-state index contributed by atoms with van der Waals surface area (Å²) in [5.74, 6) is -0.986. The van der Waals surface area contributed by atoms with Crippen molar-refractivity contribution in [3.05, 3.63) is 39.9 Å². The Labute approximate surface area is 147 Å². The third-order valence-electron chi connectivity index (χ3n) is 3.73. The summed E-state index contributed by atoms with van der Waals surface area (Å²) in [5, 5.41) is 14.1. The largest absolute Gasteiger partial charge is 0.463 e. The van der Waals surface area contributed by atoms with E-state index in [1.54, 1.807) is 39.0 Å². The molecule has 0 saturated heterocycles. The second-order valence-electron chi connectivity index (χ2n) is 6.31. The van der Waals surface area contributed by atoms with Gasteiger partial charge in [0.2, 0.25) is 5.91 Å². The molecule has 0 radical (unpaired) electrons. The van der Waals surface area contributed by atoms with Crippen molar-refractivity contribution < 1.29 is 19.2 Å². The van der Waals surface area contributed by atoms with Gasteiger partial charge in [-0.05, 0) is 20.3 Å². The molecule has 0 saturated carbocycles. The number of esters is 1. The van der Waals surface area contributed by atoms with Crippen LogP contribution in [0.15, 0.2) is 24.3 Å². The standard InChI is InChI=1S/C18H26N2O5/c1-5-8-13(4)18(22)19-15(11-17(21)25-12(2)3)14-9-6-7-10-16(14)20(23)24/h6-7,9-10,12-13,15H,5,8,11H2,1-4H3,(H,19,22). The van der Waals surface area contributed by atoms with Gasteiger partial charge < -0.3 is 10.1 Å². The lowest BCUT2D eigenvalue weighted by Gasteiger charge is -2.21. The third kappa shape index (κ3) is 6.52. The Hall–Kier alpha value is -2.44. The minimum absolute atomic E-state index is 0.131. The fourth-order valence-corrected chi connectivity index (χ4v) is 2.54. The first-order valence-corrected chi connectivity index (χ1v) is 8.49. The molecule has 2 atom stereocenters. The molecule has 0 aliphatic heterocycles. The van der Waals surface area contributed by atoms with E-state index in [1.807, 2.05) is 6.92 Å². The molecule has 0 aliphatic carbocycles. The van der Waals surface area contributed by atoms with Crippen molar-refractivity contribution in [2.24, 2.45) is 5.92 Å². The highest BCUT2D eigenvalue weighted by Gasteiger charge is 2.27. The maximum absolute atomic E-state index is 12.4. The van der Waals surface area contributed by atoms with Crippen molar-refractivity contribution in [1.82, 2.24) is 5.32 Å². The first-order valence-electron chi connectivity index (χ1n) is 8.49. The van der Waals surface area contributed by atoms with Gasteiger partial charge in [0.1, 0.15) is 0 Å². The molecule has 0 bridgehead atoms. The van der Waals surface area contributed by atoms with Crippen molar-refractivity contribution >= 4 is 17.6 Å². The minimum Gasteiger partial charge on any atom is -0.463 e. The van der Waals surface area contributed by atoms with E-state index in [1.165, 1.54) is 6.07 Å². The van der Waals surface area contributed by atoms with Gasteiger partial charge in [0, 0.05) is 12.0 Å². The molecule has 0 aliphatic rings. The fourth-order valence-electron chi connectivity index (χ4n) is 2.54. The van der Waals surface area contributed by atoms with Crippen LogP contribution in [0.1, 0.15) is 58.6 Å². The quantitative estimate of drug-likeness (QED) is 0.417. The topological polar surface area (TPSA) is 98.5 Å². The number of nitrogens with zero attached hydrogens (tertiary/aromatic N) is 1. The number of para-hydroxylation sites is 1. The van der Waals surface area contributed by atoms with E-state index < -0.39 is 16.9 Å². The number of carbonyl (C=O) groups excluding carboxylic acids is 2. The van der Waals surface area contributed by atoms with Crippen LogP contribution in [0.25, 0.3) is 0 Å². The van der Waals surface area contributed by atoms with E-state index >= 15 is 0 Å². The van der Waals surface area contributed by atoms with Crippen LogP contribution in [0.5, 0.6) is 0 Å². The maximum Gasteiger partial charge on any atom is 0.308 e. The molecule has 138 valence electrons. The number of rotatable bonds is 9. The predicted molar refractivity (Wildman–Crippen MR) is 93.9 cm³/mol. The molecule has 1 aromatic rings. The van der Waals surface area contributed by atoms with Crippen molar-refractivity contribution in [1.29, 1.82) is 0 Å². The van der Waals surface area contributed by atoms with Crippen LogP contribution in [0, 0.1) is 16.0 Å². The van der Waals surface area contributed by atoms with Gasteiger partial charge in [0.15, 0.2) is 0 Å². The van der Waals surface area contributed by atoms with Crippen molar-refractivity contribution in [2.45, 2.75) is 59.1 Å². The number of benzene rings is 1. The van der Waals surface area contributed by atoms with Crippen LogP contribution in [0.3, 0.4) is 0 Å². The van der Waals surface area contributed by atoms with E-state index in [4.69, 9.17) is 4.74 Å². The van der Waals surface area contributed by atoms with Gasteiger partial charge in [-0.1, -0.05) is 38.5 Å². The van der Waals surface area contributed by atoms with Gasteiger partial charge in [-0.15, -0.1) is 0 Å². The Bertz CT molecular complexity index is 615. The summed E-state index contributed by atoms with van der Waals surface area (Å²) in [6.07, 6.45) is 1.09. The number of nitrogens with one attached hydrogen (secondary N) is 1. The van der Waals surface area contributed by atoms with Gasteiger partial charge >= 0.3 is 5.97 Å². The van der Waals surface area contributed by atoms with Crippen LogP contribution < -0.4 is 5.32 Å². The van der Waals surface area contributed by atoms with Crippen molar-refractivity contribution in [3.8, 4) is 0 Å². The van der Waals surface area contributed by atoms with Crippen LogP contribution in [-0.2, 0) is 14.3 Å². The highest BCUT2D eigenvalue weighted by atomic mass is 16.6. The average Bonchev–Trinajstić information content (AvgIpc) is 2.53. The number of nitro groups is 1. The minimum atomic E-state index is -0.806. The molecular formula is C18H26N2O5. The number of amides is 1. The zero-order valence-electron chi connectivity index (χ0n) is 15.2. The lowest BCUT2D eigenvalue weighted by atomic mass is 9.99. The Morgan fingerprint density at radius 1 is 1.24 bits per heavy atom. The van der Waals surface area contributed by atoms with E-state index in [0.717, 1.165) is 6.42 Å². The summed E-state index contributed by atoms with van der Waals surface area (Å²) in [4.78, 5) is 35.2. The summed E-state index contributed by atoms with van der Waals surface area (Å²) < 4.78 is 5.13. The molecule has 1 aromatic carbocycles. The molecule has 7 heteroatoms. The molecule has 0 spiro atoms. The van der Waals surface area contributed by atoms with E-state index in [9.17, 15) is 19.7 Å². The molecule has 7 nitrogen and oxygen atoms in total. The smallest absolute Gasteiger partial charge is 0.308 e. The summed E-state index contributed by atoms with van der Waals surface area (Å²) in [5.41, 5.74) is 0.165. The second-order valence-corrected chi connectivity index (χ2v) is 6.31. The van der Waals surface area contributed by atoms with Crippen LogP contribution in [0.2, 0.25) is 0 Å². The lowest BCUT2D eigenvalue weighted by Crippen LogP contribution is -2.35. The Morgan fingerprint density at radius 3 is 2.44 bits per heavy atom. The zero-order chi connectivity index (χ0) is 19.0. The summed E-state index contributed by atoms with van der Waals surface area (Å²) >= 11 is 0. The molecule has 1 amide bonds. The summed E-state index contributed by atoms with van der Waals surface area (Å²) in [6.45, 7) is 7.21. The number of nitro benzene ring substituents is 1. The SMILES string of the molecule is CCCC(C)C(=O)NC(CC(=O)OC(C)C)c1ccccc1[N+](=O)[O-]. The van der Waals surface area contributed by atoms with Crippen molar-refractivity contribution in [3.63, 3.8) is 0 Å². The summed E-state index contributed by atoms with van der Waals surface area (Å²) in [6, 6.07) is 5.30. The Morgan fingerprint density at radius 2 is 1.88 bits per heavy atom. The third-order valence-corrected chi connectivity index (χ3v) is 3.73. The first-order chi connectivity index (χ1) is 11.8. The second kappa shape index (κ2) is 9.76. The van der Waals surface area contributed by atoms with Crippen molar-refractivity contribution in [2.75, 3.05) is 0 Å². The number of hydrogen-bond donors (Lipinski definition) is 1. The molecule has 1 rings (SSSR count). The Kier molecular flexibility index (Phi) is 8.04. The monoisotopic (exact) mass is 350 g/mol. The van der Waals surface area contributed by atoms with E-state index in [0.29, 0.717) is 12.0 Å². The zero-order valence-corrected chi connectivity index (χ0v) is 15.2. The molecule has 2 unspecified atom stereocenters. The number of hydrogen-bond acceptors (Lipinski definition) is 5. The van der Waals surface area contributed by atoms with Gasteiger partial charge in [0.25, 0.3) is 5.69 Å². The average molecular weight is 350 g/mol. The van der Waals surface area contributed by atoms with Gasteiger partial charge in [-0.2, -0.15) is 0 Å². The molecule has 0 heterocycles. The molecule has 0 fully saturated rings. The fraction of sp³-hybridized carbons (Fsp3) is 0.556. The number of ether oxygens (including phenoxy) is 1. The predicted octanol–water partition coefficient (Wildman–Crippen LogP) is 3.53. The molecule has 1 N–H and O–H groups in total. The molecule has 25 heavy (non-hydrogen) atoms. The van der Waals surface area contributed by atoms with Gasteiger partial charge in [0.05, 0.1) is 29.1 Å². The highest BCUT2D eigenvalue weighted by Crippen LogP contribution is 2.28. The first kappa shape index (κ1) is 20.6. The number of carbonyl (C=O) groups is 2. The molecule has 0 aromatic heterocycles.